The second-order valence-corrected chi connectivity index (χ2v) is 5.31. The molecule has 0 fully saturated rings. The molecule has 0 N–H and O–H groups in total. The van der Waals surface area contributed by atoms with Gasteiger partial charge in [-0.15, -0.1) is 0 Å². The standard InChI is InChI=1S/C7H4N.HI.Mg/c8-6-7-4-2-1-3-5-7;;/h2-5H;1H;/q;;+1/p-1. The molecule has 0 saturated heterocycles. The smallest absolute Gasteiger partial charge is 0.291 e. The zero-order valence-corrected chi connectivity index (χ0v) is 8.91. The Kier molecular flexibility index (Phi) is 3.46. The van der Waals surface area contributed by atoms with Crippen molar-refractivity contribution in [1.29, 1.82) is 5.26 Å². The van der Waals surface area contributed by atoms with Crippen molar-refractivity contribution < 1.29 is 0 Å². The van der Waals surface area contributed by atoms with Crippen molar-refractivity contribution in [2.24, 2.45) is 0 Å². The van der Waals surface area contributed by atoms with Crippen LogP contribution in [-0.2, 0) is 0 Å². The van der Waals surface area contributed by atoms with Crippen molar-refractivity contribution in [2.75, 3.05) is 0 Å². The van der Waals surface area contributed by atoms with Gasteiger partial charge in [0.1, 0.15) is 0 Å². The molecule has 0 spiro atoms. The van der Waals surface area contributed by atoms with Gasteiger partial charge < -0.3 is 0 Å². The Hall–Kier alpha value is 0.206. The van der Waals surface area contributed by atoms with E-state index in [4.69, 9.17) is 5.26 Å². The fraction of sp³-hybridized carbons (Fsp3) is 0. The van der Waals surface area contributed by atoms with Crippen molar-refractivity contribution in [3.8, 4) is 6.07 Å². The van der Waals surface area contributed by atoms with E-state index in [1.54, 1.807) is 0 Å². The van der Waals surface area contributed by atoms with Crippen LogP contribution in [0.25, 0.3) is 0 Å². The highest BCUT2D eigenvalue weighted by Crippen LogP contribution is 1.93. The lowest BCUT2D eigenvalue weighted by Crippen LogP contribution is -2.06. The third-order valence-electron chi connectivity index (χ3n) is 1.24. The monoisotopic (exact) mass is 253 g/mol. The Morgan fingerprint density at radius 2 is 1.90 bits per heavy atom. The predicted molar refractivity (Wildman–Crippen MR) is 50.6 cm³/mol. The van der Waals surface area contributed by atoms with Gasteiger partial charge in [-0.2, -0.15) is 8.95 Å². The summed E-state index contributed by atoms with van der Waals surface area (Å²) in [6, 6.07) is 9.92. The van der Waals surface area contributed by atoms with Crippen LogP contribution in [0.15, 0.2) is 24.3 Å². The van der Waals surface area contributed by atoms with E-state index in [1.165, 1.54) is 3.69 Å². The Morgan fingerprint density at radius 1 is 1.30 bits per heavy atom. The van der Waals surface area contributed by atoms with Gasteiger partial charge in [-0.05, 0) is 12.1 Å². The van der Waals surface area contributed by atoms with E-state index >= 15 is 0 Å². The summed E-state index contributed by atoms with van der Waals surface area (Å²) in [7, 11) is 0. The summed E-state index contributed by atoms with van der Waals surface area (Å²) in [5.41, 5.74) is 0.752. The van der Waals surface area contributed by atoms with E-state index in [-0.39, 0.29) is 16.5 Å². The summed E-state index contributed by atoms with van der Waals surface area (Å²) in [6.07, 6.45) is 0. The number of benzene rings is 1. The van der Waals surface area contributed by atoms with Crippen molar-refractivity contribution in [3.05, 3.63) is 29.8 Å². The summed E-state index contributed by atoms with van der Waals surface area (Å²) in [4.78, 5) is 0. The largest absolute Gasteiger partial charge is 0.502 e. The molecule has 0 aliphatic rings. The van der Waals surface area contributed by atoms with Gasteiger partial charge in [0.05, 0.1) is 11.6 Å². The van der Waals surface area contributed by atoms with Crippen LogP contribution in [0.5, 0.6) is 0 Å². The van der Waals surface area contributed by atoms with Crippen LogP contribution in [0.3, 0.4) is 0 Å². The molecule has 0 aliphatic heterocycles. The molecule has 0 bridgehead atoms. The topological polar surface area (TPSA) is 23.8 Å². The van der Waals surface area contributed by atoms with Gasteiger partial charge in [0.2, 0.25) is 0 Å². The molecule has 10 heavy (non-hydrogen) atoms. The first-order chi connectivity index (χ1) is 4.86. The maximum absolute atomic E-state index is 8.46. The molecule has 0 atom stereocenters. The minimum Gasteiger partial charge on any atom is -0.291 e. The lowest BCUT2D eigenvalue weighted by molar-refractivity contribution is 1.49. The Balaban J connectivity index is 2.93. The lowest BCUT2D eigenvalue weighted by atomic mass is 10.2. The number of halogens is 1. The van der Waals surface area contributed by atoms with E-state index in [1.807, 2.05) is 24.3 Å². The van der Waals surface area contributed by atoms with Gasteiger partial charge >= 0.3 is 16.5 Å². The molecule has 0 aliphatic carbocycles. The number of nitriles is 1. The van der Waals surface area contributed by atoms with Crippen LogP contribution in [0.4, 0.5) is 0 Å². The fourth-order valence-corrected chi connectivity index (χ4v) is 2.61. The Labute approximate surface area is 79.5 Å². The second kappa shape index (κ2) is 4.16. The molecule has 1 nitrogen and oxygen atoms in total. The maximum atomic E-state index is 8.46. The molecule has 0 amide bonds. The summed E-state index contributed by atoms with van der Waals surface area (Å²) in [5, 5.41) is 8.46. The van der Waals surface area contributed by atoms with Crippen LogP contribution < -0.4 is 3.69 Å². The summed E-state index contributed by atoms with van der Waals surface area (Å²) >= 11 is 2.36. The molecule has 0 heterocycles. The van der Waals surface area contributed by atoms with Gasteiger partial charge in [0, 0.05) is 0 Å². The molecular weight excluding hydrogens is 249 g/mol. The zero-order valence-electron chi connectivity index (χ0n) is 5.34. The SMILES string of the molecule is N#Cc1cc[c]([Mg][I])cc1. The van der Waals surface area contributed by atoms with E-state index in [0.29, 0.717) is 0 Å². The predicted octanol–water partition coefficient (Wildman–Crippen LogP) is 1.24. The first-order valence-corrected chi connectivity index (χ1v) is 8.73. The number of nitrogens with zero attached hydrogens (tertiary/aromatic N) is 1. The summed E-state index contributed by atoms with van der Waals surface area (Å²) in [6.45, 7) is 0. The molecule has 0 saturated carbocycles. The molecular formula is C7H4IMgN. The molecule has 3 heteroatoms. The first kappa shape index (κ1) is 8.30. The van der Waals surface area contributed by atoms with Crippen LogP contribution in [0.1, 0.15) is 5.56 Å². The number of hydrogen-bond acceptors (Lipinski definition) is 1. The molecule has 1 aromatic carbocycles. The molecule has 0 radical (unpaired) electrons. The van der Waals surface area contributed by atoms with Crippen molar-refractivity contribution >= 4 is 39.0 Å². The number of hydrogen-bond donors (Lipinski definition) is 0. The highest BCUT2D eigenvalue weighted by Gasteiger charge is 1.93. The van der Waals surface area contributed by atoms with E-state index in [2.05, 4.69) is 24.9 Å². The van der Waals surface area contributed by atoms with Gasteiger partial charge in [0.15, 0.2) is 0 Å². The fourth-order valence-electron chi connectivity index (χ4n) is 0.668. The van der Waals surface area contributed by atoms with Crippen LogP contribution in [0.2, 0.25) is 0 Å². The first-order valence-electron chi connectivity index (χ1n) is 2.92. The van der Waals surface area contributed by atoms with E-state index in [9.17, 15) is 0 Å². The quantitative estimate of drug-likeness (QED) is 0.545. The van der Waals surface area contributed by atoms with Crippen LogP contribution in [0, 0.1) is 11.3 Å². The summed E-state index contributed by atoms with van der Waals surface area (Å²) in [5.74, 6) is 0. The highest BCUT2D eigenvalue weighted by atomic mass is 127. The zero-order chi connectivity index (χ0) is 7.40. The van der Waals surface area contributed by atoms with Crippen LogP contribution in [-0.4, -0.2) is 16.5 Å². The number of rotatable bonds is 1. The lowest BCUT2D eigenvalue weighted by Gasteiger charge is -1.91. The van der Waals surface area contributed by atoms with Crippen molar-refractivity contribution in [3.63, 3.8) is 0 Å². The minimum absolute atomic E-state index is 0.0718. The van der Waals surface area contributed by atoms with E-state index in [0.717, 1.165) is 5.56 Å². The Bertz CT molecular complexity index is 249. The minimum atomic E-state index is -0.0718. The Morgan fingerprint density at radius 3 is 2.30 bits per heavy atom. The summed E-state index contributed by atoms with van der Waals surface area (Å²) < 4.78 is 1.40. The third-order valence-corrected chi connectivity index (χ3v) is 4.66. The molecule has 1 rings (SSSR count). The average molecular weight is 253 g/mol. The van der Waals surface area contributed by atoms with Gasteiger partial charge in [-0.25, -0.2) is 0 Å². The molecule has 0 aromatic heterocycles. The normalized spacial score (nSPS) is 8.00. The molecule has 1 aromatic rings. The van der Waals surface area contributed by atoms with E-state index < -0.39 is 0 Å². The maximum Gasteiger partial charge on any atom is 0.502 e. The average Bonchev–Trinajstić information content (AvgIpc) is 2.05. The van der Waals surface area contributed by atoms with Crippen molar-refractivity contribution in [1.82, 2.24) is 0 Å². The molecule has 46 valence electrons. The van der Waals surface area contributed by atoms with Gasteiger partial charge in [-0.3, -0.25) is 18.9 Å². The van der Waals surface area contributed by atoms with Crippen molar-refractivity contribution in [2.45, 2.75) is 0 Å². The van der Waals surface area contributed by atoms with Gasteiger partial charge in [-0.1, -0.05) is 12.1 Å². The molecule has 0 unspecified atom stereocenters. The van der Waals surface area contributed by atoms with Gasteiger partial charge in [0.25, 0.3) is 0 Å². The second-order valence-electron chi connectivity index (χ2n) is 1.94. The third kappa shape index (κ3) is 2.11. The van der Waals surface area contributed by atoms with Crippen LogP contribution >= 0.6 is 18.9 Å². The highest BCUT2D eigenvalue weighted by molar-refractivity contribution is 14.1.